The van der Waals surface area contributed by atoms with E-state index in [4.69, 9.17) is 15.2 Å². The third kappa shape index (κ3) is 4.76. The number of methoxy groups -OCH3 is 1. The summed E-state index contributed by atoms with van der Waals surface area (Å²) in [4.78, 5) is 25.4. The van der Waals surface area contributed by atoms with Gasteiger partial charge in [-0.15, -0.1) is 0 Å². The molecule has 10 heteroatoms. The van der Waals surface area contributed by atoms with Crippen LogP contribution >= 0.6 is 15.9 Å². The Morgan fingerprint density at radius 3 is 2.78 bits per heavy atom. The van der Waals surface area contributed by atoms with Crippen LogP contribution in [0, 0.1) is 10.1 Å². The molecule has 1 heterocycles. The second kappa shape index (κ2) is 7.55. The number of amides is 1. The number of anilines is 1. The van der Waals surface area contributed by atoms with Crippen molar-refractivity contribution < 1.29 is 19.2 Å². The van der Waals surface area contributed by atoms with Crippen molar-refractivity contribution in [3.8, 4) is 0 Å². The molecule has 3 N–H and O–H groups in total. The van der Waals surface area contributed by atoms with Crippen molar-refractivity contribution in [3.63, 3.8) is 0 Å². The van der Waals surface area contributed by atoms with Crippen LogP contribution in [0.3, 0.4) is 0 Å². The number of ether oxygens (including phenoxy) is 2. The fraction of sp³-hybridized carbons (Fsp3) is 0.538. The molecule has 1 aliphatic carbocycles. The maximum Gasteiger partial charge on any atom is 0.404 e. The first kappa shape index (κ1) is 17.4. The fourth-order valence-corrected chi connectivity index (χ4v) is 3.02. The van der Waals surface area contributed by atoms with Gasteiger partial charge >= 0.3 is 11.8 Å². The minimum Gasteiger partial charge on any atom is -0.446 e. The summed E-state index contributed by atoms with van der Waals surface area (Å²) in [6.45, 7) is 0. The van der Waals surface area contributed by atoms with Crippen molar-refractivity contribution in [2.45, 2.75) is 37.5 Å². The lowest BCUT2D eigenvalue weighted by Crippen LogP contribution is -2.40. The predicted octanol–water partition coefficient (Wildman–Crippen LogP) is 2.20. The maximum absolute atomic E-state index is 11.1. The fourth-order valence-electron chi connectivity index (χ4n) is 2.69. The summed E-state index contributed by atoms with van der Waals surface area (Å²) in [7, 11) is 1.57. The highest BCUT2D eigenvalue weighted by Gasteiger charge is 2.32. The summed E-state index contributed by atoms with van der Waals surface area (Å²) in [5, 5.41) is 14.2. The lowest BCUT2D eigenvalue weighted by Gasteiger charge is -2.34. The van der Waals surface area contributed by atoms with Crippen molar-refractivity contribution in [1.82, 2.24) is 4.98 Å². The summed E-state index contributed by atoms with van der Waals surface area (Å²) in [6, 6.07) is 1.38. The van der Waals surface area contributed by atoms with Crippen molar-refractivity contribution >= 4 is 33.4 Å². The van der Waals surface area contributed by atoms with Crippen LogP contribution in [-0.4, -0.2) is 41.4 Å². The van der Waals surface area contributed by atoms with E-state index in [-0.39, 0.29) is 17.8 Å². The van der Waals surface area contributed by atoms with Crippen molar-refractivity contribution in [3.05, 3.63) is 27.0 Å². The third-order valence-electron chi connectivity index (χ3n) is 3.64. The van der Waals surface area contributed by atoms with Gasteiger partial charge in [-0.25, -0.2) is 9.78 Å². The summed E-state index contributed by atoms with van der Waals surface area (Å²) in [6.07, 6.45) is 1.47. The number of hydrogen-bond donors (Lipinski definition) is 2. The van der Waals surface area contributed by atoms with Crippen molar-refractivity contribution in [2.75, 3.05) is 12.4 Å². The van der Waals surface area contributed by atoms with Gasteiger partial charge in [-0.3, -0.25) is 10.1 Å². The second-order valence-electron chi connectivity index (χ2n) is 5.25. The molecule has 23 heavy (non-hydrogen) atoms. The van der Waals surface area contributed by atoms with E-state index in [0.717, 1.165) is 0 Å². The van der Waals surface area contributed by atoms with Gasteiger partial charge in [-0.2, -0.15) is 0 Å². The Bertz CT molecular complexity index is 600. The van der Waals surface area contributed by atoms with E-state index in [0.29, 0.717) is 29.6 Å². The number of aromatic nitrogens is 1. The van der Waals surface area contributed by atoms with Gasteiger partial charge in [0.05, 0.1) is 11.0 Å². The number of halogens is 1. The molecule has 1 fully saturated rings. The average Bonchev–Trinajstić information content (AvgIpc) is 2.45. The van der Waals surface area contributed by atoms with Crippen LogP contribution in [0.25, 0.3) is 0 Å². The van der Waals surface area contributed by atoms with E-state index in [9.17, 15) is 14.9 Å². The molecule has 0 bridgehead atoms. The van der Waals surface area contributed by atoms with E-state index < -0.39 is 17.1 Å². The lowest BCUT2D eigenvalue weighted by molar-refractivity contribution is -0.384. The number of pyridine rings is 1. The molecular weight excluding hydrogens is 372 g/mol. The molecule has 1 aromatic heterocycles. The highest BCUT2D eigenvalue weighted by molar-refractivity contribution is 9.10. The molecule has 9 nitrogen and oxygen atoms in total. The van der Waals surface area contributed by atoms with E-state index in [1.54, 1.807) is 13.2 Å². The molecule has 1 aromatic rings. The molecular formula is C13H17BrN4O5. The Hall–Kier alpha value is -1.94. The zero-order chi connectivity index (χ0) is 17.0. The van der Waals surface area contributed by atoms with Crippen LogP contribution in [0.5, 0.6) is 0 Å². The van der Waals surface area contributed by atoms with Gasteiger partial charge < -0.3 is 20.5 Å². The Balaban J connectivity index is 2.16. The molecule has 3 atom stereocenters. The molecule has 0 radical (unpaired) electrons. The van der Waals surface area contributed by atoms with E-state index in [2.05, 4.69) is 26.2 Å². The van der Waals surface area contributed by atoms with Gasteiger partial charge in [-0.05, 0) is 22.4 Å². The molecule has 1 aliphatic rings. The minimum atomic E-state index is -0.844. The van der Waals surface area contributed by atoms with Crippen LogP contribution in [0.4, 0.5) is 16.2 Å². The quantitative estimate of drug-likeness (QED) is 0.449. The van der Waals surface area contributed by atoms with Crippen molar-refractivity contribution in [2.24, 2.45) is 5.73 Å². The third-order valence-corrected chi connectivity index (χ3v) is 4.08. The number of nitro groups is 1. The molecule has 3 unspecified atom stereocenters. The van der Waals surface area contributed by atoms with Gasteiger partial charge in [0.2, 0.25) is 0 Å². The zero-order valence-electron chi connectivity index (χ0n) is 12.4. The molecule has 1 saturated carbocycles. The first-order chi connectivity index (χ1) is 10.9. The Morgan fingerprint density at radius 1 is 1.48 bits per heavy atom. The van der Waals surface area contributed by atoms with E-state index >= 15 is 0 Å². The first-order valence-corrected chi connectivity index (χ1v) is 7.73. The number of carbonyl (C=O) groups excluding carboxylic acids is 1. The SMILES string of the molecule is COC1CC(Nc2cc(Br)ncc2[N+](=O)[O-])CC(OC(N)=O)C1. The number of nitrogens with two attached hydrogens (primary N) is 1. The van der Waals surface area contributed by atoms with E-state index in [1.807, 2.05) is 0 Å². The van der Waals surface area contributed by atoms with Crippen molar-refractivity contribution in [1.29, 1.82) is 0 Å². The molecule has 2 rings (SSSR count). The van der Waals surface area contributed by atoms with Gasteiger partial charge in [0.25, 0.3) is 0 Å². The summed E-state index contributed by atoms with van der Waals surface area (Å²) in [5.74, 6) is 0. The molecule has 0 spiro atoms. The number of carbonyl (C=O) groups is 1. The molecule has 0 aliphatic heterocycles. The molecule has 0 aromatic carbocycles. The Labute approximate surface area is 140 Å². The van der Waals surface area contributed by atoms with Crippen LogP contribution in [0.2, 0.25) is 0 Å². The normalized spacial score (nSPS) is 24.0. The molecule has 0 saturated heterocycles. The number of rotatable bonds is 5. The number of nitrogens with zero attached hydrogens (tertiary/aromatic N) is 2. The summed E-state index contributed by atoms with van der Waals surface area (Å²) in [5.41, 5.74) is 5.28. The number of primary amides is 1. The maximum atomic E-state index is 11.1. The predicted molar refractivity (Wildman–Crippen MR) is 85.1 cm³/mol. The standard InChI is InChI=1S/C13H17BrN4O5/c1-22-8-2-7(3-9(4-8)23-13(15)19)17-10-5-12(14)16-6-11(10)18(20)21/h5-9H,2-4H2,1H3,(H2,15,19)(H,16,17). The topological polar surface area (TPSA) is 130 Å². The molecule has 126 valence electrons. The Morgan fingerprint density at radius 2 is 2.17 bits per heavy atom. The van der Waals surface area contributed by atoms with Crippen LogP contribution in [0.1, 0.15) is 19.3 Å². The monoisotopic (exact) mass is 388 g/mol. The van der Waals surface area contributed by atoms with Gasteiger partial charge in [0.1, 0.15) is 22.6 Å². The van der Waals surface area contributed by atoms with Gasteiger partial charge in [0, 0.05) is 32.1 Å². The van der Waals surface area contributed by atoms with E-state index in [1.165, 1.54) is 6.20 Å². The zero-order valence-corrected chi connectivity index (χ0v) is 14.0. The average molecular weight is 389 g/mol. The molecule has 1 amide bonds. The van der Waals surface area contributed by atoms with Crippen LogP contribution in [-0.2, 0) is 9.47 Å². The number of hydrogen-bond acceptors (Lipinski definition) is 7. The summed E-state index contributed by atoms with van der Waals surface area (Å²) < 4.78 is 10.9. The highest BCUT2D eigenvalue weighted by atomic mass is 79.9. The minimum absolute atomic E-state index is 0.125. The smallest absolute Gasteiger partial charge is 0.404 e. The van der Waals surface area contributed by atoms with Gasteiger partial charge in [0.15, 0.2) is 0 Å². The van der Waals surface area contributed by atoms with Gasteiger partial charge in [-0.1, -0.05) is 0 Å². The lowest BCUT2D eigenvalue weighted by atomic mass is 9.90. The van der Waals surface area contributed by atoms with Crippen LogP contribution < -0.4 is 11.1 Å². The number of nitrogens with one attached hydrogen (secondary N) is 1. The first-order valence-electron chi connectivity index (χ1n) is 6.94. The largest absolute Gasteiger partial charge is 0.446 e. The summed E-state index contributed by atoms with van der Waals surface area (Å²) >= 11 is 3.20. The Kier molecular flexibility index (Phi) is 5.72. The highest BCUT2D eigenvalue weighted by Crippen LogP contribution is 2.31. The second-order valence-corrected chi connectivity index (χ2v) is 6.06. The van der Waals surface area contributed by atoms with Crippen LogP contribution in [0.15, 0.2) is 16.9 Å².